The Morgan fingerprint density at radius 1 is 1.33 bits per heavy atom. The maximum absolute atomic E-state index is 7.62. The molecule has 0 aliphatic rings. The summed E-state index contributed by atoms with van der Waals surface area (Å²) in [5.41, 5.74) is 6.32. The Labute approximate surface area is 109 Å². The lowest BCUT2D eigenvalue weighted by atomic mass is 10.2. The van der Waals surface area contributed by atoms with Crippen LogP contribution in [0.3, 0.4) is 0 Å². The van der Waals surface area contributed by atoms with Crippen LogP contribution < -0.4 is 10.6 Å². The maximum atomic E-state index is 7.62. The highest BCUT2D eigenvalue weighted by Gasteiger charge is 2.13. The fourth-order valence-electron chi connectivity index (χ4n) is 1.77. The summed E-state index contributed by atoms with van der Waals surface area (Å²) < 4.78 is 0. The fraction of sp³-hybridized carbons (Fsp3) is 0.538. The van der Waals surface area contributed by atoms with Gasteiger partial charge in [-0.2, -0.15) is 0 Å². The number of nitrogens with one attached hydrogen (secondary N) is 1. The summed E-state index contributed by atoms with van der Waals surface area (Å²) in [6, 6.07) is 3.67. The van der Waals surface area contributed by atoms with E-state index in [2.05, 4.69) is 35.8 Å². The second-order valence-electron chi connectivity index (χ2n) is 4.58. The number of nitrogen functional groups attached to an aromatic ring is 1. The van der Waals surface area contributed by atoms with Crippen molar-refractivity contribution in [3.8, 4) is 0 Å². The maximum Gasteiger partial charge on any atom is 0.139 e. The Morgan fingerprint density at radius 2 is 2.06 bits per heavy atom. The van der Waals surface area contributed by atoms with E-state index in [-0.39, 0.29) is 5.84 Å². The molecule has 1 aromatic rings. The fourth-order valence-corrected chi connectivity index (χ4v) is 1.77. The minimum absolute atomic E-state index is 0.0732. The van der Waals surface area contributed by atoms with Crippen LogP contribution >= 0.6 is 0 Å². The van der Waals surface area contributed by atoms with Crippen molar-refractivity contribution in [3.63, 3.8) is 0 Å². The molecule has 5 heteroatoms. The van der Waals surface area contributed by atoms with E-state index in [0.29, 0.717) is 5.56 Å². The van der Waals surface area contributed by atoms with E-state index in [0.717, 1.165) is 31.9 Å². The van der Waals surface area contributed by atoms with Crippen LogP contribution in [-0.4, -0.2) is 49.4 Å². The van der Waals surface area contributed by atoms with Gasteiger partial charge < -0.3 is 15.5 Å². The molecule has 0 radical (unpaired) electrons. The van der Waals surface area contributed by atoms with Gasteiger partial charge in [0.2, 0.25) is 0 Å². The summed E-state index contributed by atoms with van der Waals surface area (Å²) >= 11 is 0. The molecule has 5 nitrogen and oxygen atoms in total. The zero-order chi connectivity index (χ0) is 13.5. The molecule has 0 bridgehead atoms. The smallest absolute Gasteiger partial charge is 0.139 e. The molecule has 0 saturated carbocycles. The van der Waals surface area contributed by atoms with E-state index in [1.54, 1.807) is 6.20 Å². The van der Waals surface area contributed by atoms with E-state index >= 15 is 0 Å². The standard InChI is InChI=1S/C13H23N5/c1-4-8-18(10-9-17(2)3)13-11(12(14)15)6-5-7-16-13/h5-7H,4,8-10H2,1-3H3,(H3,14,15). The molecule has 0 spiro atoms. The molecular formula is C13H23N5. The molecule has 100 valence electrons. The molecule has 0 saturated heterocycles. The number of anilines is 1. The second-order valence-corrected chi connectivity index (χ2v) is 4.58. The van der Waals surface area contributed by atoms with Gasteiger partial charge >= 0.3 is 0 Å². The van der Waals surface area contributed by atoms with Crippen LogP contribution in [0.1, 0.15) is 18.9 Å². The molecule has 1 heterocycles. The minimum atomic E-state index is 0.0732. The van der Waals surface area contributed by atoms with Gasteiger partial charge in [0.05, 0.1) is 5.56 Å². The Morgan fingerprint density at radius 3 is 2.61 bits per heavy atom. The van der Waals surface area contributed by atoms with Crippen molar-refractivity contribution < 1.29 is 0 Å². The van der Waals surface area contributed by atoms with Crippen LogP contribution in [0.25, 0.3) is 0 Å². The van der Waals surface area contributed by atoms with Gasteiger partial charge in [0.15, 0.2) is 0 Å². The van der Waals surface area contributed by atoms with Gasteiger partial charge in [0.25, 0.3) is 0 Å². The first-order chi connectivity index (χ1) is 8.56. The first kappa shape index (κ1) is 14.4. The first-order valence-corrected chi connectivity index (χ1v) is 6.25. The normalized spacial score (nSPS) is 10.7. The van der Waals surface area contributed by atoms with E-state index in [1.807, 2.05) is 12.1 Å². The van der Waals surface area contributed by atoms with E-state index < -0.39 is 0 Å². The summed E-state index contributed by atoms with van der Waals surface area (Å²) in [7, 11) is 4.10. The van der Waals surface area contributed by atoms with Crippen LogP contribution in [0.4, 0.5) is 5.82 Å². The molecule has 0 amide bonds. The highest BCUT2D eigenvalue weighted by atomic mass is 15.2. The number of hydrogen-bond donors (Lipinski definition) is 2. The summed E-state index contributed by atoms with van der Waals surface area (Å²) in [4.78, 5) is 8.71. The Kier molecular flexibility index (Phi) is 5.58. The molecular weight excluding hydrogens is 226 g/mol. The van der Waals surface area contributed by atoms with E-state index in [1.165, 1.54) is 0 Å². The Balaban J connectivity index is 2.93. The largest absolute Gasteiger partial charge is 0.384 e. The molecule has 0 aliphatic carbocycles. The number of nitrogens with two attached hydrogens (primary N) is 1. The third-order valence-electron chi connectivity index (χ3n) is 2.69. The zero-order valence-corrected chi connectivity index (χ0v) is 11.5. The molecule has 0 unspecified atom stereocenters. The van der Waals surface area contributed by atoms with Crippen molar-refractivity contribution in [2.24, 2.45) is 5.73 Å². The molecule has 3 N–H and O–H groups in total. The van der Waals surface area contributed by atoms with Crippen molar-refractivity contribution >= 4 is 11.7 Å². The predicted octanol–water partition coefficient (Wildman–Crippen LogP) is 1.14. The topological polar surface area (TPSA) is 69.2 Å². The molecule has 0 atom stereocenters. The van der Waals surface area contributed by atoms with Gasteiger partial charge in [0.1, 0.15) is 11.7 Å². The molecule has 1 rings (SSSR count). The van der Waals surface area contributed by atoms with Crippen molar-refractivity contribution in [3.05, 3.63) is 23.9 Å². The number of nitrogens with zero attached hydrogens (tertiary/aromatic N) is 3. The Hall–Kier alpha value is -1.62. The lowest BCUT2D eigenvalue weighted by Crippen LogP contribution is -2.34. The van der Waals surface area contributed by atoms with Gasteiger partial charge in [-0.15, -0.1) is 0 Å². The molecule has 0 aromatic carbocycles. The summed E-state index contributed by atoms with van der Waals surface area (Å²) in [6.07, 6.45) is 2.79. The SMILES string of the molecule is CCCN(CCN(C)C)c1ncccc1C(=N)N. The predicted molar refractivity (Wildman–Crippen MR) is 76.3 cm³/mol. The Bertz CT molecular complexity index is 389. The lowest BCUT2D eigenvalue weighted by molar-refractivity contribution is 0.412. The molecule has 18 heavy (non-hydrogen) atoms. The number of aromatic nitrogens is 1. The number of amidine groups is 1. The van der Waals surface area contributed by atoms with Gasteiger partial charge in [0, 0.05) is 25.8 Å². The number of pyridine rings is 1. The van der Waals surface area contributed by atoms with Gasteiger partial charge in [-0.25, -0.2) is 4.98 Å². The van der Waals surface area contributed by atoms with Gasteiger partial charge in [-0.1, -0.05) is 6.92 Å². The van der Waals surface area contributed by atoms with Crippen molar-refractivity contribution in [2.45, 2.75) is 13.3 Å². The highest BCUT2D eigenvalue weighted by molar-refractivity contribution is 5.99. The van der Waals surface area contributed by atoms with Crippen molar-refractivity contribution in [1.82, 2.24) is 9.88 Å². The second kappa shape index (κ2) is 6.96. The third kappa shape index (κ3) is 4.00. The summed E-state index contributed by atoms with van der Waals surface area (Å²) in [6.45, 7) is 4.90. The zero-order valence-electron chi connectivity index (χ0n) is 11.5. The average molecular weight is 249 g/mol. The third-order valence-corrected chi connectivity index (χ3v) is 2.69. The van der Waals surface area contributed by atoms with E-state index in [9.17, 15) is 0 Å². The molecule has 1 aromatic heterocycles. The van der Waals surface area contributed by atoms with Gasteiger partial charge in [-0.3, -0.25) is 5.41 Å². The molecule has 0 aliphatic heterocycles. The van der Waals surface area contributed by atoms with Crippen LogP contribution in [0.15, 0.2) is 18.3 Å². The van der Waals surface area contributed by atoms with Crippen molar-refractivity contribution in [2.75, 3.05) is 38.6 Å². The monoisotopic (exact) mass is 249 g/mol. The molecule has 0 fully saturated rings. The lowest BCUT2D eigenvalue weighted by Gasteiger charge is -2.26. The number of rotatable bonds is 7. The quantitative estimate of drug-likeness (QED) is 0.562. The highest BCUT2D eigenvalue weighted by Crippen LogP contribution is 2.16. The van der Waals surface area contributed by atoms with Crippen LogP contribution in [0.5, 0.6) is 0 Å². The summed E-state index contributed by atoms with van der Waals surface area (Å²) in [5, 5.41) is 7.62. The van der Waals surface area contributed by atoms with Crippen LogP contribution in [-0.2, 0) is 0 Å². The first-order valence-electron chi connectivity index (χ1n) is 6.25. The van der Waals surface area contributed by atoms with Crippen LogP contribution in [0.2, 0.25) is 0 Å². The number of hydrogen-bond acceptors (Lipinski definition) is 4. The van der Waals surface area contributed by atoms with E-state index in [4.69, 9.17) is 11.1 Å². The number of likely N-dealkylation sites (N-methyl/N-ethyl adjacent to an activating group) is 1. The van der Waals surface area contributed by atoms with Gasteiger partial charge in [-0.05, 0) is 32.6 Å². The summed E-state index contributed by atoms with van der Waals surface area (Å²) in [5.74, 6) is 0.887. The van der Waals surface area contributed by atoms with Crippen molar-refractivity contribution in [1.29, 1.82) is 5.41 Å². The average Bonchev–Trinajstić information content (AvgIpc) is 2.34. The van der Waals surface area contributed by atoms with Crippen LogP contribution in [0, 0.1) is 5.41 Å². The minimum Gasteiger partial charge on any atom is -0.384 e.